The van der Waals surface area contributed by atoms with Crippen LogP contribution in [-0.4, -0.2) is 25.2 Å². The minimum Gasteiger partial charge on any atom is -0.494 e. The SMILES string of the molecule is CCCOc1cccc(NS(=O)(=O)c2ccn[nH]2)c1. The largest absolute Gasteiger partial charge is 0.494 e. The number of sulfonamides is 1. The molecule has 0 atom stereocenters. The molecule has 0 bridgehead atoms. The number of benzene rings is 1. The Hall–Kier alpha value is -2.02. The van der Waals surface area contributed by atoms with Gasteiger partial charge in [0, 0.05) is 6.07 Å². The van der Waals surface area contributed by atoms with Crippen LogP contribution in [0.15, 0.2) is 41.6 Å². The van der Waals surface area contributed by atoms with Gasteiger partial charge in [0.2, 0.25) is 0 Å². The van der Waals surface area contributed by atoms with Gasteiger partial charge in [-0.3, -0.25) is 9.82 Å². The van der Waals surface area contributed by atoms with Crippen molar-refractivity contribution in [3.05, 3.63) is 36.5 Å². The molecule has 0 spiro atoms. The topological polar surface area (TPSA) is 84.1 Å². The lowest BCUT2D eigenvalue weighted by molar-refractivity contribution is 0.317. The fourth-order valence-corrected chi connectivity index (χ4v) is 2.43. The summed E-state index contributed by atoms with van der Waals surface area (Å²) in [4.78, 5) is 0. The van der Waals surface area contributed by atoms with Crippen molar-refractivity contribution < 1.29 is 13.2 Å². The fourth-order valence-electron chi connectivity index (χ4n) is 1.47. The molecule has 0 fully saturated rings. The number of nitrogens with one attached hydrogen (secondary N) is 2. The van der Waals surface area contributed by atoms with Crippen molar-refractivity contribution in [2.24, 2.45) is 0 Å². The number of anilines is 1. The molecule has 6 nitrogen and oxygen atoms in total. The normalized spacial score (nSPS) is 11.2. The van der Waals surface area contributed by atoms with Crippen LogP contribution in [-0.2, 0) is 10.0 Å². The first-order chi connectivity index (χ1) is 9.12. The van der Waals surface area contributed by atoms with Gasteiger partial charge in [-0.1, -0.05) is 13.0 Å². The Morgan fingerprint density at radius 1 is 1.37 bits per heavy atom. The molecule has 1 heterocycles. The monoisotopic (exact) mass is 281 g/mol. The van der Waals surface area contributed by atoms with Crippen LogP contribution in [0.1, 0.15) is 13.3 Å². The zero-order valence-corrected chi connectivity index (χ0v) is 11.3. The number of hydrogen-bond acceptors (Lipinski definition) is 4. The van der Waals surface area contributed by atoms with Gasteiger partial charge in [-0.15, -0.1) is 0 Å². The van der Waals surface area contributed by atoms with Crippen molar-refractivity contribution in [3.8, 4) is 5.75 Å². The molecule has 1 aromatic heterocycles. The minimum atomic E-state index is -3.63. The Morgan fingerprint density at radius 2 is 2.21 bits per heavy atom. The molecule has 19 heavy (non-hydrogen) atoms. The average Bonchev–Trinajstić information content (AvgIpc) is 2.91. The predicted octanol–water partition coefficient (Wildman–Crippen LogP) is 2.00. The maximum atomic E-state index is 12.0. The number of hydrogen-bond donors (Lipinski definition) is 2. The highest BCUT2D eigenvalue weighted by molar-refractivity contribution is 7.92. The highest BCUT2D eigenvalue weighted by atomic mass is 32.2. The van der Waals surface area contributed by atoms with Crippen LogP contribution >= 0.6 is 0 Å². The van der Waals surface area contributed by atoms with Gasteiger partial charge in [-0.2, -0.15) is 13.5 Å². The standard InChI is InChI=1S/C12H15N3O3S/c1-2-8-18-11-5-3-4-10(9-11)15-19(16,17)12-6-7-13-14-12/h3-7,9,15H,2,8H2,1H3,(H,13,14). The highest BCUT2D eigenvalue weighted by Crippen LogP contribution is 2.20. The molecule has 2 rings (SSSR count). The zero-order chi connectivity index (χ0) is 13.7. The number of aromatic nitrogens is 2. The van der Waals surface area contributed by atoms with Crippen molar-refractivity contribution in [2.75, 3.05) is 11.3 Å². The third-order valence-electron chi connectivity index (χ3n) is 2.32. The van der Waals surface area contributed by atoms with Gasteiger partial charge in [-0.05, 0) is 24.6 Å². The Morgan fingerprint density at radius 3 is 2.89 bits per heavy atom. The molecule has 0 aliphatic heterocycles. The summed E-state index contributed by atoms with van der Waals surface area (Å²) in [5.41, 5.74) is 0.447. The lowest BCUT2D eigenvalue weighted by atomic mass is 10.3. The Bertz CT molecular complexity index is 623. The van der Waals surface area contributed by atoms with Gasteiger partial charge in [0.25, 0.3) is 10.0 Å². The van der Waals surface area contributed by atoms with Crippen molar-refractivity contribution in [1.29, 1.82) is 0 Å². The van der Waals surface area contributed by atoms with E-state index in [9.17, 15) is 8.42 Å². The smallest absolute Gasteiger partial charge is 0.278 e. The molecular weight excluding hydrogens is 266 g/mol. The maximum Gasteiger partial charge on any atom is 0.278 e. The highest BCUT2D eigenvalue weighted by Gasteiger charge is 2.15. The third kappa shape index (κ3) is 3.47. The first kappa shape index (κ1) is 13.4. The summed E-state index contributed by atoms with van der Waals surface area (Å²) in [6.07, 6.45) is 2.28. The second-order valence-electron chi connectivity index (χ2n) is 3.90. The van der Waals surface area contributed by atoms with Crippen LogP contribution in [0.25, 0.3) is 0 Å². The second-order valence-corrected chi connectivity index (χ2v) is 5.55. The Balaban J connectivity index is 2.15. The van der Waals surface area contributed by atoms with E-state index in [2.05, 4.69) is 14.9 Å². The van der Waals surface area contributed by atoms with E-state index < -0.39 is 10.0 Å². The summed E-state index contributed by atoms with van der Waals surface area (Å²) in [5.74, 6) is 0.631. The molecule has 0 aliphatic rings. The van der Waals surface area contributed by atoms with Gasteiger partial charge >= 0.3 is 0 Å². The predicted molar refractivity (Wildman–Crippen MR) is 71.6 cm³/mol. The molecule has 7 heteroatoms. The molecule has 0 saturated heterocycles. The number of ether oxygens (including phenoxy) is 1. The van der Waals surface area contributed by atoms with Gasteiger partial charge in [0.1, 0.15) is 5.75 Å². The summed E-state index contributed by atoms with van der Waals surface area (Å²) in [6.45, 7) is 2.60. The lowest BCUT2D eigenvalue weighted by Crippen LogP contribution is -2.13. The van der Waals surface area contributed by atoms with Crippen LogP contribution in [0.2, 0.25) is 0 Å². The Labute approximate surface area is 111 Å². The fraction of sp³-hybridized carbons (Fsp3) is 0.250. The number of aromatic amines is 1. The molecule has 0 aliphatic carbocycles. The molecule has 1 aromatic carbocycles. The van der Waals surface area contributed by atoms with Crippen molar-refractivity contribution in [2.45, 2.75) is 18.4 Å². The summed E-state index contributed by atoms with van der Waals surface area (Å²) in [6, 6.07) is 8.20. The Kier molecular flexibility index (Phi) is 4.06. The lowest BCUT2D eigenvalue weighted by Gasteiger charge is -2.09. The molecule has 2 aromatic rings. The number of rotatable bonds is 6. The molecule has 0 saturated carbocycles. The quantitative estimate of drug-likeness (QED) is 0.848. The van der Waals surface area contributed by atoms with E-state index in [-0.39, 0.29) is 5.03 Å². The van der Waals surface area contributed by atoms with E-state index in [4.69, 9.17) is 4.74 Å². The molecule has 0 radical (unpaired) electrons. The first-order valence-electron chi connectivity index (χ1n) is 5.87. The van der Waals surface area contributed by atoms with Gasteiger partial charge in [0.05, 0.1) is 18.5 Å². The summed E-state index contributed by atoms with van der Waals surface area (Å²) in [5, 5.41) is 6.05. The van der Waals surface area contributed by atoms with E-state index >= 15 is 0 Å². The minimum absolute atomic E-state index is 0.0207. The van der Waals surface area contributed by atoms with E-state index in [0.717, 1.165) is 6.42 Å². The summed E-state index contributed by atoms with van der Waals surface area (Å²) >= 11 is 0. The zero-order valence-electron chi connectivity index (χ0n) is 10.5. The van der Waals surface area contributed by atoms with E-state index in [1.807, 2.05) is 6.92 Å². The van der Waals surface area contributed by atoms with E-state index in [1.54, 1.807) is 24.3 Å². The number of H-pyrrole nitrogens is 1. The van der Waals surface area contributed by atoms with E-state index in [1.165, 1.54) is 12.3 Å². The first-order valence-corrected chi connectivity index (χ1v) is 7.35. The molecule has 2 N–H and O–H groups in total. The van der Waals surface area contributed by atoms with Crippen LogP contribution in [0.4, 0.5) is 5.69 Å². The van der Waals surface area contributed by atoms with Gasteiger partial charge in [0.15, 0.2) is 5.03 Å². The van der Waals surface area contributed by atoms with Crippen molar-refractivity contribution in [1.82, 2.24) is 10.2 Å². The van der Waals surface area contributed by atoms with Crippen LogP contribution in [0.5, 0.6) is 5.75 Å². The van der Waals surface area contributed by atoms with Crippen LogP contribution in [0.3, 0.4) is 0 Å². The van der Waals surface area contributed by atoms with Crippen LogP contribution < -0.4 is 9.46 Å². The van der Waals surface area contributed by atoms with Gasteiger partial charge in [-0.25, -0.2) is 0 Å². The second kappa shape index (κ2) is 5.75. The van der Waals surface area contributed by atoms with Gasteiger partial charge < -0.3 is 4.74 Å². The average molecular weight is 281 g/mol. The maximum absolute atomic E-state index is 12.0. The van der Waals surface area contributed by atoms with Crippen molar-refractivity contribution >= 4 is 15.7 Å². The summed E-state index contributed by atoms with van der Waals surface area (Å²) in [7, 11) is -3.63. The third-order valence-corrected chi connectivity index (χ3v) is 3.63. The van der Waals surface area contributed by atoms with Crippen LogP contribution in [0, 0.1) is 0 Å². The molecular formula is C12H15N3O3S. The number of nitrogens with zero attached hydrogens (tertiary/aromatic N) is 1. The molecule has 0 amide bonds. The van der Waals surface area contributed by atoms with E-state index in [0.29, 0.717) is 18.0 Å². The summed E-state index contributed by atoms with van der Waals surface area (Å²) < 4.78 is 31.8. The molecule has 0 unspecified atom stereocenters. The van der Waals surface area contributed by atoms with Crippen molar-refractivity contribution in [3.63, 3.8) is 0 Å². The molecule has 102 valence electrons.